The van der Waals surface area contributed by atoms with Crippen LogP contribution < -0.4 is 0 Å². The van der Waals surface area contributed by atoms with E-state index in [1.165, 1.54) is 19.1 Å². The Morgan fingerprint density at radius 2 is 1.96 bits per heavy atom. The number of hydrogen-bond donors (Lipinski definition) is 2. The first-order chi connectivity index (χ1) is 12.0. The first-order valence-electron chi connectivity index (χ1n) is 9.55. The van der Waals surface area contributed by atoms with E-state index in [0.29, 0.717) is 25.7 Å². The highest BCUT2D eigenvalue weighted by Crippen LogP contribution is 2.69. The second-order valence-corrected chi connectivity index (χ2v) is 9.22. The van der Waals surface area contributed by atoms with Crippen LogP contribution in [0.15, 0.2) is 23.8 Å². The molecule has 0 aromatic heterocycles. The first kappa shape index (κ1) is 18.1. The monoisotopic (exact) mass is 362 g/mol. The number of allylic oxidation sites excluding steroid dienone is 4. The average molecular weight is 362 g/mol. The minimum absolute atomic E-state index is 0.0470. The van der Waals surface area contributed by atoms with Gasteiger partial charge in [0.25, 0.3) is 0 Å². The lowest BCUT2D eigenvalue weighted by Crippen LogP contribution is -2.68. The van der Waals surface area contributed by atoms with E-state index in [9.17, 15) is 19.8 Å². The molecule has 0 aromatic carbocycles. The molecule has 0 heterocycles. The van der Waals surface area contributed by atoms with Gasteiger partial charge in [0, 0.05) is 16.7 Å². The maximum absolute atomic E-state index is 16.7. The van der Waals surface area contributed by atoms with Gasteiger partial charge in [0.1, 0.15) is 5.60 Å². The van der Waals surface area contributed by atoms with Gasteiger partial charge < -0.3 is 10.2 Å². The van der Waals surface area contributed by atoms with Gasteiger partial charge in [-0.3, -0.25) is 9.59 Å². The fourth-order valence-corrected chi connectivity index (χ4v) is 6.79. The van der Waals surface area contributed by atoms with Gasteiger partial charge in [-0.05, 0) is 64.0 Å². The number of rotatable bonds is 1. The van der Waals surface area contributed by atoms with Crippen molar-refractivity contribution >= 4 is 11.6 Å². The Balaban J connectivity index is 1.83. The van der Waals surface area contributed by atoms with E-state index in [1.54, 1.807) is 13.0 Å². The lowest BCUT2D eigenvalue weighted by atomic mass is 9.44. The van der Waals surface area contributed by atoms with Crippen LogP contribution in [0.2, 0.25) is 0 Å². The Morgan fingerprint density at radius 3 is 2.62 bits per heavy atom. The van der Waals surface area contributed by atoms with Crippen molar-refractivity contribution in [1.82, 2.24) is 0 Å². The second kappa shape index (κ2) is 5.14. The molecular formula is C21H27FO4. The minimum atomic E-state index is -1.90. The Labute approximate surface area is 153 Å². The molecule has 4 aliphatic rings. The standard InChI is InChI=1S/C21H27FO4/c1-12(23)20(26)9-7-15-16-5-4-13-10-14(24)6-8-18(13,2)21(16,22)17(25)11-19(15,20)3/h6,8,10,15-17,25-26H,4-5,7,9,11H2,1-3H3/t15-,16-,17?,18-,19-,20-,21-/m0/s1. The summed E-state index contributed by atoms with van der Waals surface area (Å²) in [5.74, 6) is -1.06. The zero-order chi connectivity index (χ0) is 19.1. The molecule has 142 valence electrons. The van der Waals surface area contributed by atoms with E-state index in [1.807, 2.05) is 6.92 Å². The molecule has 0 spiro atoms. The molecule has 26 heavy (non-hydrogen) atoms. The molecule has 1 unspecified atom stereocenters. The van der Waals surface area contributed by atoms with Crippen molar-refractivity contribution < 1.29 is 24.2 Å². The van der Waals surface area contributed by atoms with Gasteiger partial charge in [-0.15, -0.1) is 0 Å². The molecule has 3 fully saturated rings. The van der Waals surface area contributed by atoms with Crippen LogP contribution in [0, 0.1) is 22.7 Å². The van der Waals surface area contributed by atoms with E-state index in [-0.39, 0.29) is 23.9 Å². The molecule has 5 heteroatoms. The van der Waals surface area contributed by atoms with Crippen LogP contribution in [0.4, 0.5) is 4.39 Å². The Kier molecular flexibility index (Phi) is 3.57. The topological polar surface area (TPSA) is 74.6 Å². The summed E-state index contributed by atoms with van der Waals surface area (Å²) < 4.78 is 16.7. The number of ketones is 2. The van der Waals surface area contributed by atoms with Crippen LogP contribution in [0.25, 0.3) is 0 Å². The van der Waals surface area contributed by atoms with E-state index in [0.717, 1.165) is 5.57 Å². The second-order valence-electron chi connectivity index (χ2n) is 9.22. The third-order valence-electron chi connectivity index (χ3n) is 8.38. The van der Waals surface area contributed by atoms with Gasteiger partial charge >= 0.3 is 0 Å². The third kappa shape index (κ3) is 1.81. The summed E-state index contributed by atoms with van der Waals surface area (Å²) in [5.41, 5.74) is -4.52. The predicted octanol–water partition coefficient (Wildman–Crippen LogP) is 2.68. The zero-order valence-corrected chi connectivity index (χ0v) is 15.6. The summed E-state index contributed by atoms with van der Waals surface area (Å²) >= 11 is 0. The zero-order valence-electron chi connectivity index (χ0n) is 15.6. The molecule has 0 aromatic rings. The normalized spacial score (nSPS) is 52.8. The summed E-state index contributed by atoms with van der Waals surface area (Å²) in [6.45, 7) is 4.99. The van der Waals surface area contributed by atoms with Gasteiger partial charge in [-0.2, -0.15) is 0 Å². The van der Waals surface area contributed by atoms with Gasteiger partial charge in [0.15, 0.2) is 17.2 Å². The minimum Gasteiger partial charge on any atom is -0.390 e. The summed E-state index contributed by atoms with van der Waals surface area (Å²) in [7, 11) is 0. The molecule has 0 bridgehead atoms. The molecule has 4 aliphatic carbocycles. The quantitative estimate of drug-likeness (QED) is 0.752. The Morgan fingerprint density at radius 1 is 1.27 bits per heavy atom. The van der Waals surface area contributed by atoms with Gasteiger partial charge in [0.05, 0.1) is 6.10 Å². The van der Waals surface area contributed by atoms with Gasteiger partial charge in [-0.1, -0.05) is 18.6 Å². The summed E-state index contributed by atoms with van der Waals surface area (Å²) in [6, 6.07) is 0. The van der Waals surface area contributed by atoms with Crippen molar-refractivity contribution in [3.8, 4) is 0 Å². The van der Waals surface area contributed by atoms with Crippen LogP contribution in [0.1, 0.15) is 52.9 Å². The highest BCUT2D eigenvalue weighted by atomic mass is 19.1. The van der Waals surface area contributed by atoms with Crippen LogP contribution in [0.5, 0.6) is 0 Å². The molecule has 3 saturated carbocycles. The lowest BCUT2D eigenvalue weighted by molar-refractivity contribution is -0.216. The highest BCUT2D eigenvalue weighted by Gasteiger charge is 2.73. The lowest BCUT2D eigenvalue weighted by Gasteiger charge is -2.62. The molecule has 4 rings (SSSR count). The fourth-order valence-electron chi connectivity index (χ4n) is 6.79. The van der Waals surface area contributed by atoms with E-state index >= 15 is 4.39 Å². The molecule has 2 N–H and O–H groups in total. The maximum Gasteiger partial charge on any atom is 0.178 e. The van der Waals surface area contributed by atoms with E-state index < -0.39 is 34.1 Å². The number of halogens is 1. The van der Waals surface area contributed by atoms with Crippen LogP contribution >= 0.6 is 0 Å². The van der Waals surface area contributed by atoms with E-state index in [4.69, 9.17) is 0 Å². The molecule has 0 radical (unpaired) electrons. The summed E-state index contributed by atoms with van der Waals surface area (Å²) in [4.78, 5) is 24.0. The summed E-state index contributed by atoms with van der Waals surface area (Å²) in [6.07, 6.45) is 5.28. The number of Topliss-reactive ketones (excluding diaryl/α,β-unsaturated/α-hetero) is 1. The van der Waals surface area contributed by atoms with Crippen molar-refractivity contribution in [3.63, 3.8) is 0 Å². The van der Waals surface area contributed by atoms with Crippen LogP contribution in [0.3, 0.4) is 0 Å². The van der Waals surface area contributed by atoms with Crippen molar-refractivity contribution in [1.29, 1.82) is 0 Å². The number of aliphatic hydroxyl groups excluding tert-OH is 1. The molecule has 0 saturated heterocycles. The number of fused-ring (bicyclic) bond motifs is 5. The SMILES string of the molecule is CC(=O)[C@@]1(O)CC[C@H]2[C@@H]3CCC4=CC(=O)C=C[C@]4(C)[C@@]3(F)C(O)C[C@@]21C. The number of hydrogen-bond acceptors (Lipinski definition) is 4. The molecule has 0 aliphatic heterocycles. The molecule has 7 atom stereocenters. The summed E-state index contributed by atoms with van der Waals surface area (Å²) in [5, 5.41) is 22.1. The average Bonchev–Trinajstić information content (AvgIpc) is 2.83. The smallest absolute Gasteiger partial charge is 0.178 e. The fraction of sp³-hybridized carbons (Fsp3) is 0.714. The van der Waals surface area contributed by atoms with Gasteiger partial charge in [-0.25, -0.2) is 4.39 Å². The van der Waals surface area contributed by atoms with Crippen molar-refractivity contribution in [2.45, 2.75) is 70.2 Å². The number of aliphatic hydroxyl groups is 2. The third-order valence-corrected chi connectivity index (χ3v) is 8.38. The highest BCUT2D eigenvalue weighted by molar-refractivity contribution is 6.01. The molecular weight excluding hydrogens is 335 g/mol. The maximum atomic E-state index is 16.7. The Hall–Kier alpha value is -1.33. The predicted molar refractivity (Wildman–Crippen MR) is 94.0 cm³/mol. The van der Waals surface area contributed by atoms with Gasteiger partial charge in [0.2, 0.25) is 0 Å². The number of carbonyl (C=O) groups is 2. The number of alkyl halides is 1. The molecule has 4 nitrogen and oxygen atoms in total. The number of carbonyl (C=O) groups excluding carboxylic acids is 2. The van der Waals surface area contributed by atoms with Crippen LogP contribution in [-0.2, 0) is 9.59 Å². The van der Waals surface area contributed by atoms with Crippen molar-refractivity contribution in [2.75, 3.05) is 0 Å². The first-order valence-corrected chi connectivity index (χ1v) is 9.55. The molecule has 0 amide bonds. The van der Waals surface area contributed by atoms with E-state index in [2.05, 4.69) is 0 Å². The van der Waals surface area contributed by atoms with Crippen molar-refractivity contribution in [2.24, 2.45) is 22.7 Å². The largest absolute Gasteiger partial charge is 0.390 e. The van der Waals surface area contributed by atoms with Crippen molar-refractivity contribution in [3.05, 3.63) is 23.8 Å². The van der Waals surface area contributed by atoms with Crippen LogP contribution in [-0.4, -0.2) is 39.2 Å². The Bertz CT molecular complexity index is 757.